The Hall–Kier alpha value is -2.14. The largest absolute Gasteiger partial charge is 0.338 e. The second-order valence-electron chi connectivity index (χ2n) is 8.89. The SMILES string of the molecule is C[C@@H]1C[C@@H](NC[C@@H]2CC(=O)N(C)[C@H]2c2cnn(C)c2)C[C@@H](c2ccccc2)C1. The first-order valence-corrected chi connectivity index (χ1v) is 10.5. The van der Waals surface area contributed by atoms with Gasteiger partial charge in [-0.2, -0.15) is 5.10 Å². The van der Waals surface area contributed by atoms with Crippen LogP contribution in [0.2, 0.25) is 0 Å². The number of nitrogens with one attached hydrogen (secondary N) is 1. The first-order chi connectivity index (χ1) is 13.5. The summed E-state index contributed by atoms with van der Waals surface area (Å²) < 4.78 is 1.82. The lowest BCUT2D eigenvalue weighted by atomic mass is 9.76. The number of aromatic nitrogens is 2. The Balaban J connectivity index is 1.42. The highest BCUT2D eigenvalue weighted by molar-refractivity contribution is 5.79. The molecule has 2 aromatic rings. The molecule has 0 radical (unpaired) electrons. The first-order valence-electron chi connectivity index (χ1n) is 10.5. The molecule has 2 fully saturated rings. The highest BCUT2D eigenvalue weighted by Gasteiger charge is 2.39. The summed E-state index contributed by atoms with van der Waals surface area (Å²) in [5.74, 6) is 1.89. The average Bonchev–Trinajstić information content (AvgIpc) is 3.23. The van der Waals surface area contributed by atoms with Gasteiger partial charge in [0.25, 0.3) is 0 Å². The number of carbonyl (C=O) groups excluding carboxylic acids is 1. The highest BCUT2D eigenvalue weighted by Crippen LogP contribution is 2.38. The number of amides is 1. The Morgan fingerprint density at radius 2 is 1.89 bits per heavy atom. The van der Waals surface area contributed by atoms with Crippen LogP contribution >= 0.6 is 0 Å². The second kappa shape index (κ2) is 8.08. The maximum atomic E-state index is 12.4. The molecule has 0 bridgehead atoms. The number of rotatable bonds is 5. The van der Waals surface area contributed by atoms with Crippen LogP contribution in [0, 0.1) is 11.8 Å². The van der Waals surface area contributed by atoms with Crippen molar-refractivity contribution in [1.29, 1.82) is 0 Å². The van der Waals surface area contributed by atoms with E-state index in [0.29, 0.717) is 24.3 Å². The predicted molar refractivity (Wildman–Crippen MR) is 111 cm³/mol. The van der Waals surface area contributed by atoms with Crippen molar-refractivity contribution in [2.75, 3.05) is 13.6 Å². The molecule has 5 nitrogen and oxygen atoms in total. The lowest BCUT2D eigenvalue weighted by Gasteiger charge is -2.35. The molecule has 1 N–H and O–H groups in total. The van der Waals surface area contributed by atoms with E-state index in [-0.39, 0.29) is 11.9 Å². The number of carbonyl (C=O) groups is 1. The van der Waals surface area contributed by atoms with Gasteiger partial charge in [0.05, 0.1) is 12.2 Å². The number of aryl methyl sites for hydroxylation is 1. The molecule has 5 atom stereocenters. The summed E-state index contributed by atoms with van der Waals surface area (Å²) in [6, 6.07) is 11.6. The Morgan fingerprint density at radius 3 is 2.61 bits per heavy atom. The summed E-state index contributed by atoms with van der Waals surface area (Å²) in [5, 5.41) is 8.15. The Labute approximate surface area is 168 Å². The van der Waals surface area contributed by atoms with E-state index in [1.165, 1.54) is 24.8 Å². The maximum Gasteiger partial charge on any atom is 0.223 e. The molecule has 0 spiro atoms. The number of hydrogen-bond acceptors (Lipinski definition) is 3. The van der Waals surface area contributed by atoms with E-state index < -0.39 is 0 Å². The zero-order valence-corrected chi connectivity index (χ0v) is 17.2. The van der Waals surface area contributed by atoms with Crippen LogP contribution in [-0.2, 0) is 11.8 Å². The van der Waals surface area contributed by atoms with Crippen molar-refractivity contribution in [3.8, 4) is 0 Å². The Morgan fingerprint density at radius 1 is 1.11 bits per heavy atom. The van der Waals surface area contributed by atoms with Gasteiger partial charge in [-0.3, -0.25) is 9.48 Å². The van der Waals surface area contributed by atoms with E-state index in [1.807, 2.05) is 36.1 Å². The third-order valence-corrected chi connectivity index (χ3v) is 6.64. The van der Waals surface area contributed by atoms with Crippen LogP contribution < -0.4 is 5.32 Å². The van der Waals surface area contributed by atoms with Gasteiger partial charge < -0.3 is 10.2 Å². The molecule has 4 rings (SSSR count). The quantitative estimate of drug-likeness (QED) is 0.864. The van der Waals surface area contributed by atoms with Gasteiger partial charge in [0.1, 0.15) is 0 Å². The normalized spacial score (nSPS) is 30.8. The van der Waals surface area contributed by atoms with Crippen LogP contribution in [0.5, 0.6) is 0 Å². The average molecular weight is 381 g/mol. The van der Waals surface area contributed by atoms with Gasteiger partial charge in [0.2, 0.25) is 5.91 Å². The highest BCUT2D eigenvalue weighted by atomic mass is 16.2. The van der Waals surface area contributed by atoms with E-state index in [9.17, 15) is 4.79 Å². The van der Waals surface area contributed by atoms with Crippen LogP contribution in [0.25, 0.3) is 0 Å². The minimum absolute atomic E-state index is 0.125. The molecule has 1 amide bonds. The topological polar surface area (TPSA) is 50.2 Å². The van der Waals surface area contributed by atoms with Crippen molar-refractivity contribution in [3.63, 3.8) is 0 Å². The zero-order chi connectivity index (χ0) is 19.7. The zero-order valence-electron chi connectivity index (χ0n) is 17.2. The number of benzene rings is 1. The summed E-state index contributed by atoms with van der Waals surface area (Å²) in [6.07, 6.45) is 8.24. The van der Waals surface area contributed by atoms with Gasteiger partial charge in [-0.1, -0.05) is 37.3 Å². The fourth-order valence-corrected chi connectivity index (χ4v) is 5.31. The van der Waals surface area contributed by atoms with Crippen molar-refractivity contribution in [3.05, 3.63) is 53.9 Å². The van der Waals surface area contributed by atoms with E-state index >= 15 is 0 Å². The van der Waals surface area contributed by atoms with Crippen molar-refractivity contribution in [2.45, 2.75) is 50.6 Å². The maximum absolute atomic E-state index is 12.4. The molecule has 1 aliphatic carbocycles. The number of hydrogen-bond donors (Lipinski definition) is 1. The number of nitrogens with zero attached hydrogens (tertiary/aromatic N) is 3. The molecular formula is C23H32N4O. The fourth-order valence-electron chi connectivity index (χ4n) is 5.31. The van der Waals surface area contributed by atoms with Gasteiger partial charge in [0.15, 0.2) is 0 Å². The van der Waals surface area contributed by atoms with Gasteiger partial charge >= 0.3 is 0 Å². The van der Waals surface area contributed by atoms with Crippen LogP contribution in [0.3, 0.4) is 0 Å². The summed E-state index contributed by atoms with van der Waals surface area (Å²) in [6.45, 7) is 3.25. The minimum Gasteiger partial charge on any atom is -0.338 e. The van der Waals surface area contributed by atoms with Crippen LogP contribution in [-0.4, -0.2) is 40.2 Å². The van der Waals surface area contributed by atoms with Gasteiger partial charge in [-0.25, -0.2) is 0 Å². The molecule has 1 saturated carbocycles. The fraction of sp³-hybridized carbons (Fsp3) is 0.565. The van der Waals surface area contributed by atoms with Crippen molar-refractivity contribution in [2.24, 2.45) is 18.9 Å². The van der Waals surface area contributed by atoms with E-state index in [0.717, 1.165) is 18.0 Å². The standard InChI is InChI=1S/C23H32N4O/c1-16-9-18(17-7-5-4-6-8-17)11-21(10-16)24-13-19-12-22(28)27(3)23(19)20-14-25-26(2)15-20/h4-8,14-16,18-19,21,23-24H,9-13H2,1-3H3/t16-,18-,19-,21+,23+/m0/s1. The van der Waals surface area contributed by atoms with E-state index in [1.54, 1.807) is 0 Å². The van der Waals surface area contributed by atoms with Crippen LogP contribution in [0.4, 0.5) is 0 Å². The second-order valence-corrected chi connectivity index (χ2v) is 8.89. The summed E-state index contributed by atoms with van der Waals surface area (Å²) in [7, 11) is 3.86. The van der Waals surface area contributed by atoms with Gasteiger partial charge in [0, 0.05) is 50.8 Å². The molecular weight excluding hydrogens is 348 g/mol. The monoisotopic (exact) mass is 380 g/mol. The summed E-state index contributed by atoms with van der Waals surface area (Å²) >= 11 is 0. The third-order valence-electron chi connectivity index (χ3n) is 6.64. The molecule has 0 unspecified atom stereocenters. The molecule has 1 aromatic carbocycles. The molecule has 150 valence electrons. The molecule has 1 aromatic heterocycles. The molecule has 5 heteroatoms. The van der Waals surface area contributed by atoms with E-state index in [2.05, 4.69) is 47.7 Å². The lowest BCUT2D eigenvalue weighted by molar-refractivity contribution is -0.127. The minimum atomic E-state index is 0.125. The Bertz CT molecular complexity index is 802. The predicted octanol–water partition coefficient (Wildman–Crippen LogP) is 3.50. The van der Waals surface area contributed by atoms with Crippen molar-refractivity contribution < 1.29 is 4.79 Å². The smallest absolute Gasteiger partial charge is 0.223 e. The van der Waals surface area contributed by atoms with Gasteiger partial charge in [-0.05, 0) is 36.7 Å². The summed E-state index contributed by atoms with van der Waals surface area (Å²) in [5.41, 5.74) is 2.60. The van der Waals surface area contributed by atoms with Crippen LogP contribution in [0.1, 0.15) is 55.7 Å². The van der Waals surface area contributed by atoms with Crippen molar-refractivity contribution in [1.82, 2.24) is 20.0 Å². The van der Waals surface area contributed by atoms with Gasteiger partial charge in [-0.15, -0.1) is 0 Å². The molecule has 28 heavy (non-hydrogen) atoms. The van der Waals surface area contributed by atoms with Crippen LogP contribution in [0.15, 0.2) is 42.7 Å². The lowest BCUT2D eigenvalue weighted by Crippen LogP contribution is -2.39. The number of likely N-dealkylation sites (tertiary alicyclic amines) is 1. The Kier molecular flexibility index (Phi) is 5.54. The first kappa shape index (κ1) is 19.2. The molecule has 2 aliphatic rings. The molecule has 2 heterocycles. The van der Waals surface area contributed by atoms with Crippen molar-refractivity contribution >= 4 is 5.91 Å². The third kappa shape index (κ3) is 4.00. The summed E-state index contributed by atoms with van der Waals surface area (Å²) in [4.78, 5) is 14.3. The molecule has 1 aliphatic heterocycles. The molecule has 1 saturated heterocycles. The van der Waals surface area contributed by atoms with E-state index in [4.69, 9.17) is 0 Å².